The number of sulfonamides is 1. The van der Waals surface area contributed by atoms with Crippen molar-refractivity contribution < 1.29 is 13.2 Å². The van der Waals surface area contributed by atoms with Gasteiger partial charge in [-0.25, -0.2) is 18.1 Å². The molecule has 1 heterocycles. The Hall–Kier alpha value is -2.42. The molecule has 142 valence electrons. The van der Waals surface area contributed by atoms with Crippen molar-refractivity contribution in [2.75, 3.05) is 13.6 Å². The Kier molecular flexibility index (Phi) is 5.79. The van der Waals surface area contributed by atoms with E-state index in [9.17, 15) is 13.2 Å². The topological polar surface area (TPSA) is 93.1 Å². The van der Waals surface area contributed by atoms with Gasteiger partial charge in [0.1, 0.15) is 4.90 Å². The van der Waals surface area contributed by atoms with E-state index >= 15 is 0 Å². The molecule has 3 rings (SSSR count). The summed E-state index contributed by atoms with van der Waals surface area (Å²) in [5.41, 5.74) is 2.21. The predicted molar refractivity (Wildman–Crippen MR) is 104 cm³/mol. The van der Waals surface area contributed by atoms with Crippen molar-refractivity contribution in [3.05, 3.63) is 59.4 Å². The Morgan fingerprint density at radius 2 is 2.00 bits per heavy atom. The quantitative estimate of drug-likeness (QED) is 0.589. The van der Waals surface area contributed by atoms with Gasteiger partial charge in [0.05, 0.1) is 22.4 Å². The molecule has 1 amide bonds. The number of hydrogen-bond acceptors (Lipinski definition) is 4. The Bertz CT molecular complexity index is 1080. The molecule has 3 aromatic rings. The summed E-state index contributed by atoms with van der Waals surface area (Å²) in [6.07, 6.45) is 2.49. The summed E-state index contributed by atoms with van der Waals surface area (Å²) in [7, 11) is -2.44. The molecule has 0 aliphatic carbocycles. The fourth-order valence-corrected chi connectivity index (χ4v) is 3.95. The zero-order chi connectivity index (χ0) is 19.4. The molecule has 0 bridgehead atoms. The van der Waals surface area contributed by atoms with Gasteiger partial charge in [0.2, 0.25) is 10.0 Å². The second kappa shape index (κ2) is 8.08. The van der Waals surface area contributed by atoms with Gasteiger partial charge in [-0.15, -0.1) is 0 Å². The molecule has 0 fully saturated rings. The summed E-state index contributed by atoms with van der Waals surface area (Å²) < 4.78 is 28.1. The van der Waals surface area contributed by atoms with Crippen molar-refractivity contribution in [3.63, 3.8) is 0 Å². The largest absolute Gasteiger partial charge is 0.352 e. The molecule has 0 saturated carbocycles. The Labute approximate surface area is 162 Å². The van der Waals surface area contributed by atoms with E-state index < -0.39 is 10.0 Å². The number of nitrogens with one attached hydrogen (secondary N) is 2. The van der Waals surface area contributed by atoms with Gasteiger partial charge in [0, 0.05) is 18.7 Å². The number of nitrogens with zero attached hydrogens (tertiary/aromatic N) is 2. The van der Waals surface area contributed by atoms with Crippen molar-refractivity contribution in [1.82, 2.24) is 19.6 Å². The minimum atomic E-state index is -3.73. The van der Waals surface area contributed by atoms with Crippen LogP contribution in [0.5, 0.6) is 0 Å². The molecule has 0 radical (unpaired) electrons. The van der Waals surface area contributed by atoms with Gasteiger partial charge in [-0.05, 0) is 43.8 Å². The van der Waals surface area contributed by atoms with Crippen molar-refractivity contribution in [1.29, 1.82) is 0 Å². The molecular formula is C18H19ClN4O3S. The molecule has 7 nitrogen and oxygen atoms in total. The third-order valence-corrected chi connectivity index (χ3v) is 6.04. The smallest absolute Gasteiger partial charge is 0.251 e. The normalized spacial score (nSPS) is 11.6. The van der Waals surface area contributed by atoms with Gasteiger partial charge in [0.15, 0.2) is 0 Å². The van der Waals surface area contributed by atoms with E-state index in [0.29, 0.717) is 19.5 Å². The average molecular weight is 407 g/mol. The van der Waals surface area contributed by atoms with Crippen molar-refractivity contribution in [2.45, 2.75) is 17.9 Å². The highest BCUT2D eigenvalue weighted by atomic mass is 35.5. The van der Waals surface area contributed by atoms with E-state index in [2.05, 4.69) is 15.0 Å². The molecule has 2 N–H and O–H groups in total. The standard InChI is InChI=1S/C18H19ClN4O3S/c1-20-27(25,26)17-11-13(7-8-14(17)19)18(24)21-9-4-10-23-12-22-15-5-2-3-6-16(15)23/h2-3,5-8,11-12,20H,4,9-10H2,1H3,(H,21,24). The fourth-order valence-electron chi connectivity index (χ4n) is 2.70. The van der Waals surface area contributed by atoms with Gasteiger partial charge in [0.25, 0.3) is 5.91 Å². The summed E-state index contributed by atoms with van der Waals surface area (Å²) in [4.78, 5) is 16.5. The maximum absolute atomic E-state index is 12.3. The second-order valence-electron chi connectivity index (χ2n) is 5.89. The highest BCUT2D eigenvalue weighted by Crippen LogP contribution is 2.22. The molecule has 0 atom stereocenters. The van der Waals surface area contributed by atoms with Crippen LogP contribution in [0.3, 0.4) is 0 Å². The number of benzene rings is 2. The van der Waals surface area contributed by atoms with Gasteiger partial charge < -0.3 is 9.88 Å². The van der Waals surface area contributed by atoms with Crippen LogP contribution in [0.2, 0.25) is 5.02 Å². The predicted octanol–water partition coefficient (Wildman–Crippen LogP) is 2.42. The van der Waals surface area contributed by atoms with Gasteiger partial charge in [-0.1, -0.05) is 23.7 Å². The molecule has 1 aromatic heterocycles. The lowest BCUT2D eigenvalue weighted by Gasteiger charge is -2.09. The van der Waals surface area contributed by atoms with E-state index in [0.717, 1.165) is 11.0 Å². The number of para-hydroxylation sites is 2. The summed E-state index contributed by atoms with van der Waals surface area (Å²) in [5, 5.41) is 2.86. The van der Waals surface area contributed by atoms with Crippen LogP contribution in [0.25, 0.3) is 11.0 Å². The van der Waals surface area contributed by atoms with Crippen molar-refractivity contribution in [2.24, 2.45) is 0 Å². The van der Waals surface area contributed by atoms with Gasteiger partial charge in [-0.2, -0.15) is 0 Å². The summed E-state index contributed by atoms with van der Waals surface area (Å²) >= 11 is 5.94. The Balaban J connectivity index is 1.60. The fraction of sp³-hybridized carbons (Fsp3) is 0.222. The number of carbonyl (C=O) groups is 1. The number of rotatable bonds is 7. The number of halogens is 1. The number of imidazole rings is 1. The molecule has 0 spiro atoms. The van der Waals surface area contributed by atoms with Crippen LogP contribution >= 0.6 is 11.6 Å². The van der Waals surface area contributed by atoms with Gasteiger partial charge >= 0.3 is 0 Å². The summed E-state index contributed by atoms with van der Waals surface area (Å²) in [6.45, 7) is 1.16. The first-order valence-electron chi connectivity index (χ1n) is 8.33. The Morgan fingerprint density at radius 3 is 2.78 bits per heavy atom. The molecule has 27 heavy (non-hydrogen) atoms. The SMILES string of the molecule is CNS(=O)(=O)c1cc(C(=O)NCCCn2cnc3ccccc32)ccc1Cl. The first kappa shape index (κ1) is 19.3. The highest BCUT2D eigenvalue weighted by Gasteiger charge is 2.18. The lowest BCUT2D eigenvalue weighted by Crippen LogP contribution is -2.26. The maximum atomic E-state index is 12.3. The van der Waals surface area contributed by atoms with Crippen LogP contribution in [0.1, 0.15) is 16.8 Å². The van der Waals surface area contributed by atoms with E-state index in [1.54, 1.807) is 6.33 Å². The first-order chi connectivity index (χ1) is 12.9. The monoisotopic (exact) mass is 406 g/mol. The number of hydrogen-bond donors (Lipinski definition) is 2. The third kappa shape index (κ3) is 4.29. The van der Waals surface area contributed by atoms with Crippen molar-refractivity contribution >= 4 is 38.6 Å². The lowest BCUT2D eigenvalue weighted by molar-refractivity contribution is 0.0952. The molecule has 9 heteroatoms. The number of fused-ring (bicyclic) bond motifs is 1. The molecule has 2 aromatic carbocycles. The number of aryl methyl sites for hydroxylation is 1. The highest BCUT2D eigenvalue weighted by molar-refractivity contribution is 7.89. The summed E-state index contributed by atoms with van der Waals surface area (Å²) in [6, 6.07) is 12.0. The van der Waals surface area contributed by atoms with E-state index in [-0.39, 0.29) is 21.4 Å². The molecular weight excluding hydrogens is 388 g/mol. The van der Waals surface area contributed by atoms with Crippen LogP contribution in [0.15, 0.2) is 53.7 Å². The molecule has 0 aliphatic rings. The van der Waals surface area contributed by atoms with E-state index in [1.807, 2.05) is 28.8 Å². The second-order valence-corrected chi connectivity index (χ2v) is 8.15. The molecule has 0 aliphatic heterocycles. The Morgan fingerprint density at radius 1 is 1.22 bits per heavy atom. The zero-order valence-corrected chi connectivity index (χ0v) is 16.2. The van der Waals surface area contributed by atoms with Crippen molar-refractivity contribution in [3.8, 4) is 0 Å². The lowest BCUT2D eigenvalue weighted by atomic mass is 10.2. The van der Waals surface area contributed by atoms with Crippen LogP contribution < -0.4 is 10.0 Å². The van der Waals surface area contributed by atoms with Crippen LogP contribution in [-0.4, -0.2) is 37.5 Å². The van der Waals surface area contributed by atoms with Crippen LogP contribution in [0, 0.1) is 0 Å². The number of amides is 1. The van der Waals surface area contributed by atoms with Crippen LogP contribution in [0.4, 0.5) is 0 Å². The maximum Gasteiger partial charge on any atom is 0.251 e. The van der Waals surface area contributed by atoms with E-state index in [1.165, 1.54) is 25.2 Å². The summed E-state index contributed by atoms with van der Waals surface area (Å²) in [5.74, 6) is -0.352. The first-order valence-corrected chi connectivity index (χ1v) is 10.2. The molecule has 0 saturated heterocycles. The minimum Gasteiger partial charge on any atom is -0.352 e. The molecule has 0 unspecified atom stereocenters. The van der Waals surface area contributed by atoms with Gasteiger partial charge in [-0.3, -0.25) is 4.79 Å². The third-order valence-electron chi connectivity index (χ3n) is 4.14. The number of carbonyl (C=O) groups excluding carboxylic acids is 1. The van der Waals surface area contributed by atoms with E-state index in [4.69, 9.17) is 11.6 Å². The van der Waals surface area contributed by atoms with Crippen LogP contribution in [-0.2, 0) is 16.6 Å². The average Bonchev–Trinajstić information content (AvgIpc) is 3.08. The zero-order valence-electron chi connectivity index (χ0n) is 14.6. The number of aromatic nitrogens is 2. The minimum absolute atomic E-state index is 0.0629.